The molecule has 0 saturated heterocycles. The highest BCUT2D eigenvalue weighted by Crippen LogP contribution is 2.28. The summed E-state index contributed by atoms with van der Waals surface area (Å²) in [7, 11) is 0. The van der Waals surface area contributed by atoms with Crippen molar-refractivity contribution < 1.29 is 4.39 Å². The van der Waals surface area contributed by atoms with Gasteiger partial charge in [0.25, 0.3) is 0 Å². The van der Waals surface area contributed by atoms with Crippen LogP contribution in [0.2, 0.25) is 0 Å². The predicted octanol–water partition coefficient (Wildman–Crippen LogP) is 2.84. The van der Waals surface area contributed by atoms with Crippen LogP contribution in [0.15, 0.2) is 42.5 Å². The zero-order valence-electron chi connectivity index (χ0n) is 11.8. The summed E-state index contributed by atoms with van der Waals surface area (Å²) in [6.07, 6.45) is 0. The number of aromatic nitrogens is 3. The van der Waals surface area contributed by atoms with E-state index < -0.39 is 5.82 Å². The van der Waals surface area contributed by atoms with Gasteiger partial charge in [-0.05, 0) is 31.2 Å². The minimum absolute atomic E-state index is 0.180. The number of rotatable bonds is 2. The van der Waals surface area contributed by atoms with Gasteiger partial charge in [-0.15, -0.1) is 0 Å². The minimum atomic E-state index is -0.400. The molecule has 0 atom stereocenters. The second-order valence-corrected chi connectivity index (χ2v) is 4.78. The third-order valence-electron chi connectivity index (χ3n) is 3.22. The van der Waals surface area contributed by atoms with Gasteiger partial charge >= 0.3 is 0 Å². The summed E-state index contributed by atoms with van der Waals surface area (Å²) in [6.45, 7) is 1.85. The first-order valence-corrected chi connectivity index (χ1v) is 6.58. The van der Waals surface area contributed by atoms with E-state index in [-0.39, 0.29) is 11.4 Å². The molecule has 0 radical (unpaired) electrons. The van der Waals surface area contributed by atoms with Crippen molar-refractivity contribution in [3.8, 4) is 23.1 Å². The first-order valence-electron chi connectivity index (χ1n) is 6.58. The zero-order chi connectivity index (χ0) is 15.7. The van der Waals surface area contributed by atoms with Gasteiger partial charge in [0.15, 0.2) is 5.82 Å². The number of anilines is 1. The Morgan fingerprint density at radius 2 is 2.00 bits per heavy atom. The van der Waals surface area contributed by atoms with E-state index in [1.807, 2.05) is 25.1 Å². The van der Waals surface area contributed by atoms with E-state index in [4.69, 9.17) is 5.73 Å². The normalized spacial score (nSPS) is 10.4. The largest absolute Gasteiger partial charge is 0.382 e. The summed E-state index contributed by atoms with van der Waals surface area (Å²) >= 11 is 0. The summed E-state index contributed by atoms with van der Waals surface area (Å²) in [5.74, 6) is 0.291. The Bertz CT molecular complexity index is 892. The Hall–Kier alpha value is -3.20. The molecule has 1 aromatic carbocycles. The summed E-state index contributed by atoms with van der Waals surface area (Å²) in [6, 6.07) is 13.3. The molecule has 2 heterocycles. The van der Waals surface area contributed by atoms with Crippen molar-refractivity contribution >= 4 is 5.82 Å². The standard InChI is InChI=1S/C16H12FN5/c1-10-4-2-7-14(20-10)22-16(19)13(9-18)15(21-22)11-5-3-6-12(17)8-11/h2-8H,19H2,1H3. The molecule has 0 amide bonds. The fraction of sp³-hybridized carbons (Fsp3) is 0.0625. The Morgan fingerprint density at radius 1 is 1.23 bits per heavy atom. The topological polar surface area (TPSA) is 80.5 Å². The van der Waals surface area contributed by atoms with Crippen molar-refractivity contribution in [3.05, 3.63) is 59.5 Å². The van der Waals surface area contributed by atoms with Crippen molar-refractivity contribution in [2.75, 3.05) is 5.73 Å². The van der Waals surface area contributed by atoms with Gasteiger partial charge in [0, 0.05) is 11.3 Å². The van der Waals surface area contributed by atoms with Crippen molar-refractivity contribution in [1.82, 2.24) is 14.8 Å². The fourth-order valence-electron chi connectivity index (χ4n) is 2.20. The van der Waals surface area contributed by atoms with Crippen LogP contribution in [0.5, 0.6) is 0 Å². The van der Waals surface area contributed by atoms with E-state index in [2.05, 4.69) is 10.1 Å². The first kappa shape index (κ1) is 13.8. The highest BCUT2D eigenvalue weighted by atomic mass is 19.1. The number of halogens is 1. The molecular weight excluding hydrogens is 281 g/mol. The molecule has 6 heteroatoms. The van der Waals surface area contributed by atoms with Crippen LogP contribution in [0, 0.1) is 24.1 Å². The molecule has 0 bridgehead atoms. The molecule has 22 heavy (non-hydrogen) atoms. The zero-order valence-corrected chi connectivity index (χ0v) is 11.8. The Morgan fingerprint density at radius 3 is 2.68 bits per heavy atom. The lowest BCUT2D eigenvalue weighted by molar-refractivity contribution is 0.628. The van der Waals surface area contributed by atoms with Gasteiger partial charge in [-0.3, -0.25) is 0 Å². The van der Waals surface area contributed by atoms with Crippen LogP contribution in [0.3, 0.4) is 0 Å². The van der Waals surface area contributed by atoms with Gasteiger partial charge in [-0.25, -0.2) is 9.37 Å². The Balaban J connectivity index is 2.22. The molecular formula is C16H12FN5. The SMILES string of the molecule is Cc1cccc(-n2nc(-c3cccc(F)c3)c(C#N)c2N)n1. The van der Waals surface area contributed by atoms with Crippen LogP contribution in [0.1, 0.15) is 11.3 Å². The first-order chi connectivity index (χ1) is 10.6. The minimum Gasteiger partial charge on any atom is -0.382 e. The third-order valence-corrected chi connectivity index (χ3v) is 3.22. The third kappa shape index (κ3) is 2.29. The van der Waals surface area contributed by atoms with E-state index in [1.165, 1.54) is 16.8 Å². The molecule has 0 saturated carbocycles. The maximum absolute atomic E-state index is 13.4. The van der Waals surface area contributed by atoms with Gasteiger partial charge in [0.05, 0.1) is 0 Å². The van der Waals surface area contributed by atoms with Gasteiger partial charge in [-0.1, -0.05) is 18.2 Å². The molecule has 0 aliphatic carbocycles. The number of nitrogens with zero attached hydrogens (tertiary/aromatic N) is 4. The molecule has 3 aromatic rings. The van der Waals surface area contributed by atoms with Crippen molar-refractivity contribution in [2.45, 2.75) is 6.92 Å². The molecule has 0 aliphatic rings. The number of pyridine rings is 1. The highest BCUT2D eigenvalue weighted by molar-refractivity contribution is 5.73. The highest BCUT2D eigenvalue weighted by Gasteiger charge is 2.18. The predicted molar refractivity (Wildman–Crippen MR) is 80.6 cm³/mol. The van der Waals surface area contributed by atoms with Gasteiger partial charge in [0.1, 0.15) is 29.0 Å². The molecule has 0 aliphatic heterocycles. The number of hydrogen-bond acceptors (Lipinski definition) is 4. The second-order valence-electron chi connectivity index (χ2n) is 4.78. The molecule has 0 fully saturated rings. The van der Waals surface area contributed by atoms with Gasteiger partial charge < -0.3 is 5.73 Å². The van der Waals surface area contributed by atoms with Crippen LogP contribution in [0.25, 0.3) is 17.1 Å². The van der Waals surface area contributed by atoms with E-state index in [0.717, 1.165) is 5.69 Å². The number of benzene rings is 1. The van der Waals surface area contributed by atoms with Crippen molar-refractivity contribution in [3.63, 3.8) is 0 Å². The molecule has 108 valence electrons. The molecule has 5 nitrogen and oxygen atoms in total. The molecule has 0 unspecified atom stereocenters. The van der Waals surface area contributed by atoms with Crippen LogP contribution in [-0.4, -0.2) is 14.8 Å². The molecule has 2 aromatic heterocycles. The maximum Gasteiger partial charge on any atom is 0.156 e. The van der Waals surface area contributed by atoms with Crippen molar-refractivity contribution in [1.29, 1.82) is 5.26 Å². The molecule has 2 N–H and O–H groups in total. The Labute approximate surface area is 126 Å². The van der Waals surface area contributed by atoms with E-state index in [0.29, 0.717) is 17.1 Å². The van der Waals surface area contributed by atoms with Crippen LogP contribution in [0.4, 0.5) is 10.2 Å². The van der Waals surface area contributed by atoms with Gasteiger partial charge in [-0.2, -0.15) is 15.0 Å². The summed E-state index contributed by atoms with van der Waals surface area (Å²) in [4.78, 5) is 4.34. The Kier molecular flexibility index (Phi) is 3.31. The number of nitrogens with two attached hydrogens (primary N) is 1. The monoisotopic (exact) mass is 293 g/mol. The maximum atomic E-state index is 13.4. The number of nitrogen functional groups attached to an aromatic ring is 1. The number of hydrogen-bond donors (Lipinski definition) is 1. The lowest BCUT2D eigenvalue weighted by Crippen LogP contribution is -2.05. The summed E-state index contributed by atoms with van der Waals surface area (Å²) < 4.78 is 14.8. The molecule has 0 spiro atoms. The quantitative estimate of drug-likeness (QED) is 0.787. The second kappa shape index (κ2) is 5.30. The van der Waals surface area contributed by atoms with Crippen molar-refractivity contribution in [2.24, 2.45) is 0 Å². The van der Waals surface area contributed by atoms with Crippen LogP contribution < -0.4 is 5.73 Å². The number of aryl methyl sites for hydroxylation is 1. The van der Waals surface area contributed by atoms with Gasteiger partial charge in [0.2, 0.25) is 0 Å². The van der Waals surface area contributed by atoms with E-state index >= 15 is 0 Å². The fourth-order valence-corrected chi connectivity index (χ4v) is 2.20. The molecule has 3 rings (SSSR count). The average Bonchev–Trinajstić information content (AvgIpc) is 2.84. The smallest absolute Gasteiger partial charge is 0.156 e. The average molecular weight is 293 g/mol. The summed E-state index contributed by atoms with van der Waals surface area (Å²) in [5, 5.41) is 13.7. The number of nitriles is 1. The summed E-state index contributed by atoms with van der Waals surface area (Å²) in [5.41, 5.74) is 7.85. The lowest BCUT2D eigenvalue weighted by atomic mass is 10.1. The van der Waals surface area contributed by atoms with Crippen LogP contribution >= 0.6 is 0 Å². The van der Waals surface area contributed by atoms with Crippen LogP contribution in [-0.2, 0) is 0 Å². The lowest BCUT2D eigenvalue weighted by Gasteiger charge is -2.03. The van der Waals surface area contributed by atoms with E-state index in [1.54, 1.807) is 18.2 Å². The van der Waals surface area contributed by atoms with E-state index in [9.17, 15) is 9.65 Å².